The van der Waals surface area contributed by atoms with E-state index in [1.165, 1.54) is 41.9 Å². The molecule has 0 aliphatic rings. The molecule has 27 aromatic rings. The van der Waals surface area contributed by atoms with Gasteiger partial charge in [-0.15, -0.1) is 11.3 Å². The van der Waals surface area contributed by atoms with Gasteiger partial charge in [-0.25, -0.2) is 34.9 Å². The Labute approximate surface area is 723 Å². The van der Waals surface area contributed by atoms with Crippen LogP contribution in [0.4, 0.5) is 0 Å². The third kappa shape index (κ3) is 12.1. The van der Waals surface area contributed by atoms with Crippen LogP contribution in [0.2, 0.25) is 0 Å². The van der Waals surface area contributed by atoms with Gasteiger partial charge in [0.2, 0.25) is 0 Å². The molecule has 0 aliphatic carbocycles. The van der Waals surface area contributed by atoms with Crippen LogP contribution in [0.25, 0.3) is 263 Å². The molecule has 0 amide bonds. The number of benzene rings is 20. The molecule has 27 rings (SSSR count). The molecule has 0 saturated carbocycles. The molecule has 7 aromatic heterocycles. The van der Waals surface area contributed by atoms with Crippen LogP contribution in [0.3, 0.4) is 0 Å². The topological polar surface area (TPSA) is 130 Å². The summed E-state index contributed by atoms with van der Waals surface area (Å²) < 4.78 is 21.5. The smallest absolute Gasteiger partial charge is 0.164 e. The Morgan fingerprint density at radius 1 is 0.183 bits per heavy atom. The van der Waals surface area contributed by atoms with Crippen molar-refractivity contribution in [1.29, 1.82) is 0 Å². The maximum atomic E-state index is 6.36. The van der Waals surface area contributed by atoms with Gasteiger partial charge in [0.05, 0.1) is 22.4 Å². The van der Waals surface area contributed by atoms with Crippen LogP contribution in [-0.2, 0) is 0 Å². The summed E-state index contributed by atoms with van der Waals surface area (Å²) in [5.41, 5.74) is 18.3. The molecule has 0 aliphatic heterocycles. The lowest BCUT2D eigenvalue weighted by Crippen LogP contribution is -2.00. The van der Waals surface area contributed by atoms with Gasteiger partial charge in [0.15, 0.2) is 29.1 Å². The highest BCUT2D eigenvalue weighted by atomic mass is 32.1. The number of hydrogen-bond acceptors (Lipinski definition) is 11. The van der Waals surface area contributed by atoms with E-state index in [-0.39, 0.29) is 0 Å². The van der Waals surface area contributed by atoms with Crippen LogP contribution in [0.15, 0.2) is 420 Å². The van der Waals surface area contributed by atoms with Crippen LogP contribution < -0.4 is 0 Å². The molecular weight excluding hydrogens is 1560 g/mol. The van der Waals surface area contributed by atoms with E-state index in [1.54, 1.807) is 0 Å². The fraction of sp³-hybridized carbons (Fsp3) is 0. The van der Waals surface area contributed by atoms with Crippen LogP contribution in [0.5, 0.6) is 0 Å². The molecule has 0 spiro atoms. The molecule has 20 aromatic carbocycles. The average molecular weight is 1630 g/mol. The molecule has 11 heteroatoms. The molecule has 0 atom stereocenters. The predicted molar refractivity (Wildman–Crippen MR) is 522 cm³/mol. The van der Waals surface area contributed by atoms with Crippen LogP contribution in [0, 0.1) is 0 Å². The summed E-state index contributed by atoms with van der Waals surface area (Å²) in [5.74, 6) is 3.39. The lowest BCUT2D eigenvalue weighted by Gasteiger charge is -2.14. The Morgan fingerprint density at radius 2 is 0.619 bits per heavy atom. The van der Waals surface area contributed by atoms with Gasteiger partial charge < -0.3 is 13.3 Å². The largest absolute Gasteiger partial charge is 0.456 e. The van der Waals surface area contributed by atoms with Crippen molar-refractivity contribution in [2.75, 3.05) is 0 Å². The van der Waals surface area contributed by atoms with Crippen molar-refractivity contribution >= 4 is 184 Å². The van der Waals surface area contributed by atoms with E-state index in [1.807, 2.05) is 114 Å². The van der Waals surface area contributed by atoms with Gasteiger partial charge in [0.1, 0.15) is 33.5 Å². The summed E-state index contributed by atoms with van der Waals surface area (Å²) in [5, 5.41) is 24.8. The fourth-order valence-electron chi connectivity index (χ4n) is 18.9. The van der Waals surface area contributed by atoms with E-state index in [0.29, 0.717) is 23.3 Å². The molecule has 126 heavy (non-hydrogen) atoms. The number of aromatic nitrogens is 7. The molecule has 0 radical (unpaired) electrons. The molecule has 0 fully saturated rings. The zero-order valence-corrected chi connectivity index (χ0v) is 68.3. The molecular formula is C115H67N7O3S. The van der Waals surface area contributed by atoms with Crippen molar-refractivity contribution in [2.45, 2.75) is 0 Å². The predicted octanol–water partition coefficient (Wildman–Crippen LogP) is 31.5. The second-order valence-corrected chi connectivity index (χ2v) is 33.0. The third-order valence-electron chi connectivity index (χ3n) is 24.6. The minimum absolute atomic E-state index is 0.648. The molecule has 0 unspecified atom stereocenters. The fourth-order valence-corrected chi connectivity index (χ4v) is 20.0. The minimum Gasteiger partial charge on any atom is -0.456 e. The number of para-hydroxylation sites is 3. The van der Waals surface area contributed by atoms with Gasteiger partial charge in [-0.2, -0.15) is 0 Å². The monoisotopic (exact) mass is 1630 g/mol. The summed E-state index contributed by atoms with van der Waals surface area (Å²) in [6.45, 7) is 0. The first-order chi connectivity index (χ1) is 62.4. The molecule has 7 heterocycles. The summed E-state index contributed by atoms with van der Waals surface area (Å²) in [7, 11) is 0. The highest BCUT2D eigenvalue weighted by Crippen LogP contribution is 2.49. The summed E-state index contributed by atoms with van der Waals surface area (Å²) in [6, 6.07) is 141. The van der Waals surface area contributed by atoms with E-state index in [2.05, 4.69) is 303 Å². The van der Waals surface area contributed by atoms with Crippen molar-refractivity contribution in [1.82, 2.24) is 34.9 Å². The van der Waals surface area contributed by atoms with Crippen molar-refractivity contribution in [3.05, 3.63) is 406 Å². The maximum absolute atomic E-state index is 6.36. The Bertz CT molecular complexity index is 9080. The van der Waals surface area contributed by atoms with E-state index in [0.717, 1.165) is 198 Å². The molecule has 10 nitrogen and oxygen atoms in total. The first-order valence-corrected chi connectivity index (χ1v) is 43.0. The molecule has 586 valence electrons. The quantitative estimate of drug-likeness (QED) is 0.136. The third-order valence-corrected chi connectivity index (χ3v) is 25.7. The number of nitrogens with zero attached hydrogens (tertiary/aromatic N) is 7. The first kappa shape index (κ1) is 72.1. The molecule has 0 saturated heterocycles. The minimum atomic E-state index is 0.648. The lowest BCUT2D eigenvalue weighted by molar-refractivity contribution is 0.669. The summed E-state index contributed by atoms with van der Waals surface area (Å²) in [6.07, 6.45) is 0. The van der Waals surface area contributed by atoms with Gasteiger partial charge in [0.25, 0.3) is 0 Å². The Hall–Kier alpha value is -16.7. The van der Waals surface area contributed by atoms with E-state index in [9.17, 15) is 0 Å². The van der Waals surface area contributed by atoms with Crippen LogP contribution >= 0.6 is 11.3 Å². The van der Waals surface area contributed by atoms with E-state index < -0.39 is 0 Å². The molecule has 0 bridgehead atoms. The Morgan fingerprint density at radius 3 is 1.28 bits per heavy atom. The van der Waals surface area contributed by atoms with Gasteiger partial charge in [-0.1, -0.05) is 334 Å². The first-order valence-electron chi connectivity index (χ1n) is 42.2. The van der Waals surface area contributed by atoms with Crippen LogP contribution in [-0.4, -0.2) is 34.9 Å². The second-order valence-electron chi connectivity index (χ2n) is 31.9. The van der Waals surface area contributed by atoms with Gasteiger partial charge in [-0.05, 0) is 138 Å². The van der Waals surface area contributed by atoms with Crippen molar-refractivity contribution in [3.8, 4) is 90.6 Å². The highest BCUT2D eigenvalue weighted by Gasteiger charge is 2.26. The SMILES string of the molecule is c1ccc(-c2nc(-c3c4ccccc4cc4oc5ccccc5c34)nc3c2ccc2ccccc23)cc1.c1ccc(-c2nc(-c3ccccc3)nc(-c3cccc4cc(-c5c6ccccc6cc6oc7ccccc7c56)ccc34)n2)cc1.c1ccc2c(-c3nc(-c4ccc5c(c4)oc4ccccc45)c4c(ccc5ccccc54)n3)c3c(cc2c1)sc1ccccc13. The standard InChI is InChI=1S/C41H25N3O.C40H22N2OS.C34H20N2O/c1-3-12-26(13-4-1)39-42-40(27-14-5-2-6-15-27)44-41(43-39)33-20-11-17-28-24-30(22-23-31(28)33)37-32-18-8-7-16-29(32)25-36-38(37)34-19-9-10-21-35(34)45-36;1-3-11-26-23(9-1)18-20-31-36(26)39(25-17-19-29-28-13-5-7-15-32(28)43-33(29)21-25)42-40(41-31)38-27-12-4-2-10-24(27)22-35-37(38)30-14-6-8-16-34(30)44-35;1-2-11-22(12-3-1)32-27-19-18-21-10-4-7-15-25(21)33(27)36-34(35-32)31-24-14-6-5-13-23(24)20-29-30(31)26-16-8-9-17-28(26)37-29/h1-25H;1-22H;1-20H. The number of furan rings is 3. The maximum Gasteiger partial charge on any atom is 0.164 e. The zero-order valence-electron chi connectivity index (χ0n) is 67.4. The molecule has 0 N–H and O–H groups in total. The Balaban J connectivity index is 0.000000104. The second kappa shape index (κ2) is 29.6. The summed E-state index contributed by atoms with van der Waals surface area (Å²) >= 11 is 1.83. The lowest BCUT2D eigenvalue weighted by atomic mass is 9.91. The normalized spacial score (nSPS) is 11.8. The van der Waals surface area contributed by atoms with Crippen molar-refractivity contribution in [2.24, 2.45) is 0 Å². The van der Waals surface area contributed by atoms with Crippen molar-refractivity contribution in [3.63, 3.8) is 0 Å². The Kier molecular flexibility index (Phi) is 16.9. The van der Waals surface area contributed by atoms with Gasteiger partial charge in [-0.3, -0.25) is 0 Å². The number of rotatable bonds is 8. The number of thiophene rings is 1. The van der Waals surface area contributed by atoms with E-state index >= 15 is 0 Å². The van der Waals surface area contributed by atoms with E-state index in [4.69, 9.17) is 48.1 Å². The number of hydrogen-bond donors (Lipinski definition) is 0. The van der Waals surface area contributed by atoms with Gasteiger partial charge in [0, 0.05) is 113 Å². The van der Waals surface area contributed by atoms with Crippen LogP contribution in [0.1, 0.15) is 0 Å². The summed E-state index contributed by atoms with van der Waals surface area (Å²) in [4.78, 5) is 36.3. The average Bonchev–Trinajstić information content (AvgIpc) is 1.52. The number of fused-ring (bicyclic) bond motifs is 22. The highest BCUT2D eigenvalue weighted by molar-refractivity contribution is 7.26. The van der Waals surface area contributed by atoms with Gasteiger partial charge >= 0.3 is 0 Å². The zero-order chi connectivity index (χ0) is 82.9. The van der Waals surface area contributed by atoms with Crippen molar-refractivity contribution < 1.29 is 13.3 Å².